The highest BCUT2D eigenvalue weighted by molar-refractivity contribution is 5.80. The number of ether oxygens (including phenoxy) is 1. The normalized spacial score (nSPS) is 19.7. The number of aliphatic hydroxyl groups is 1. The molecular weight excluding hydrogens is 471 g/mol. The molecule has 36 heavy (non-hydrogen) atoms. The molecule has 1 aliphatic rings. The summed E-state index contributed by atoms with van der Waals surface area (Å²) >= 11 is 0. The van der Waals surface area contributed by atoms with Gasteiger partial charge in [-0.05, 0) is 49.9 Å². The number of fused-ring (bicyclic) bond motifs is 1. The molecule has 0 saturated carbocycles. The molecule has 1 N–H and O–H groups in total. The summed E-state index contributed by atoms with van der Waals surface area (Å²) in [6, 6.07) is 10.6. The van der Waals surface area contributed by atoms with Gasteiger partial charge in [-0.2, -0.15) is 13.2 Å². The molecule has 0 bridgehead atoms. The van der Waals surface area contributed by atoms with Gasteiger partial charge in [-0.3, -0.25) is 9.69 Å². The van der Waals surface area contributed by atoms with Gasteiger partial charge in [0.1, 0.15) is 11.9 Å². The van der Waals surface area contributed by atoms with E-state index in [1.165, 1.54) is 12.1 Å². The van der Waals surface area contributed by atoms with Crippen LogP contribution in [0.4, 0.5) is 18.9 Å². The summed E-state index contributed by atoms with van der Waals surface area (Å²) in [7, 11) is 5.76. The molecule has 1 aliphatic heterocycles. The van der Waals surface area contributed by atoms with Crippen LogP contribution in [0.25, 0.3) is 0 Å². The lowest BCUT2D eigenvalue weighted by molar-refractivity contribution is -0.137. The van der Waals surface area contributed by atoms with E-state index in [4.69, 9.17) is 4.74 Å². The van der Waals surface area contributed by atoms with Gasteiger partial charge in [0.25, 0.3) is 0 Å². The molecule has 6 nitrogen and oxygen atoms in total. The van der Waals surface area contributed by atoms with Crippen molar-refractivity contribution in [3.05, 3.63) is 59.2 Å². The predicted molar refractivity (Wildman–Crippen MR) is 134 cm³/mol. The minimum absolute atomic E-state index is 0.0579. The van der Waals surface area contributed by atoms with Gasteiger partial charge in [0, 0.05) is 50.9 Å². The Morgan fingerprint density at radius 2 is 1.81 bits per heavy atom. The summed E-state index contributed by atoms with van der Waals surface area (Å²) in [5.41, 5.74) is 1.84. The molecule has 0 aromatic heterocycles. The Kier molecular flexibility index (Phi) is 8.89. The molecule has 0 aliphatic carbocycles. The van der Waals surface area contributed by atoms with Crippen LogP contribution in [0, 0.1) is 5.92 Å². The van der Waals surface area contributed by atoms with Crippen LogP contribution in [0.2, 0.25) is 0 Å². The highest BCUT2D eigenvalue weighted by Gasteiger charge is 2.32. The van der Waals surface area contributed by atoms with Crippen LogP contribution in [0.1, 0.15) is 30.5 Å². The van der Waals surface area contributed by atoms with Crippen molar-refractivity contribution in [2.75, 3.05) is 45.7 Å². The van der Waals surface area contributed by atoms with Crippen molar-refractivity contribution in [3.8, 4) is 5.75 Å². The summed E-state index contributed by atoms with van der Waals surface area (Å²) in [6.45, 7) is 5.09. The van der Waals surface area contributed by atoms with E-state index in [2.05, 4.69) is 0 Å². The first-order valence-corrected chi connectivity index (χ1v) is 12.1. The number of aliphatic hydroxyl groups excluding tert-OH is 1. The molecule has 0 spiro atoms. The van der Waals surface area contributed by atoms with Gasteiger partial charge in [0.15, 0.2) is 0 Å². The summed E-state index contributed by atoms with van der Waals surface area (Å²) in [6.07, 6.45) is -4.48. The maximum absolute atomic E-state index is 13.2. The molecule has 198 valence electrons. The molecule has 2 aromatic carbocycles. The number of hydrogen-bond acceptors (Lipinski definition) is 5. The lowest BCUT2D eigenvalue weighted by atomic mass is 10.0. The number of carbonyl (C=O) groups excluding carboxylic acids is 1. The Hall–Kier alpha value is -2.78. The van der Waals surface area contributed by atoms with Crippen molar-refractivity contribution in [3.63, 3.8) is 0 Å². The number of halogens is 3. The van der Waals surface area contributed by atoms with Crippen molar-refractivity contribution in [1.82, 2.24) is 9.80 Å². The van der Waals surface area contributed by atoms with E-state index in [9.17, 15) is 23.1 Å². The van der Waals surface area contributed by atoms with E-state index < -0.39 is 11.7 Å². The number of alkyl halides is 3. The number of nitrogens with zero attached hydrogens (tertiary/aromatic N) is 3. The van der Waals surface area contributed by atoms with Crippen molar-refractivity contribution in [2.45, 2.75) is 45.1 Å². The second-order valence-corrected chi connectivity index (χ2v) is 9.97. The number of likely N-dealkylation sites (N-methyl/N-ethyl adjacent to an activating group) is 1. The molecule has 3 rings (SSSR count). The SMILES string of the molecule is C[C@@H]1CN([C@@H](C)CO)C(=O)Cc2cc(N(C)C)ccc2O[C@H]1CN(C)Cc1ccc(C(F)(F)F)cc1. The number of amides is 1. The zero-order valence-electron chi connectivity index (χ0n) is 21.5. The quantitative estimate of drug-likeness (QED) is 0.613. The van der Waals surface area contributed by atoms with Crippen LogP contribution in [0.15, 0.2) is 42.5 Å². The van der Waals surface area contributed by atoms with Crippen LogP contribution in [-0.4, -0.2) is 73.8 Å². The van der Waals surface area contributed by atoms with Crippen LogP contribution in [-0.2, 0) is 23.9 Å². The first kappa shape index (κ1) is 27.8. The first-order chi connectivity index (χ1) is 16.9. The standard InChI is InChI=1S/C27H36F3N3O3/c1-18-14-33(19(2)17-34)26(35)13-21-12-23(31(3)4)10-11-24(21)36-25(18)16-32(5)15-20-6-8-22(9-7-20)27(28,29)30/h6-12,18-19,25,34H,13-17H2,1-5H3/t18-,19+,25+/m1/s1. The second-order valence-electron chi connectivity index (χ2n) is 9.97. The van der Waals surface area contributed by atoms with Gasteiger partial charge in [-0.25, -0.2) is 0 Å². The molecule has 0 fully saturated rings. The van der Waals surface area contributed by atoms with Gasteiger partial charge in [0.2, 0.25) is 5.91 Å². The molecular formula is C27H36F3N3O3. The Morgan fingerprint density at radius 1 is 1.14 bits per heavy atom. The van der Waals surface area contributed by atoms with Gasteiger partial charge in [-0.15, -0.1) is 0 Å². The largest absolute Gasteiger partial charge is 0.488 e. The molecule has 3 atom stereocenters. The zero-order valence-corrected chi connectivity index (χ0v) is 21.5. The summed E-state index contributed by atoms with van der Waals surface area (Å²) in [5.74, 6) is 0.521. The van der Waals surface area contributed by atoms with Crippen molar-refractivity contribution >= 4 is 11.6 Å². The van der Waals surface area contributed by atoms with Crippen LogP contribution in [0.3, 0.4) is 0 Å². The van der Waals surface area contributed by atoms with Gasteiger partial charge in [0.05, 0.1) is 24.6 Å². The molecule has 2 aromatic rings. The fourth-order valence-electron chi connectivity index (χ4n) is 4.39. The number of hydrogen-bond donors (Lipinski definition) is 1. The van der Waals surface area contributed by atoms with Crippen molar-refractivity contribution < 1.29 is 27.8 Å². The first-order valence-electron chi connectivity index (χ1n) is 12.1. The Morgan fingerprint density at radius 3 is 2.39 bits per heavy atom. The monoisotopic (exact) mass is 507 g/mol. The minimum atomic E-state index is -4.36. The van der Waals surface area contributed by atoms with Gasteiger partial charge in [-0.1, -0.05) is 19.1 Å². The van der Waals surface area contributed by atoms with Crippen LogP contribution in [0.5, 0.6) is 5.75 Å². The Labute approximate surface area is 211 Å². The van der Waals surface area contributed by atoms with Crippen LogP contribution >= 0.6 is 0 Å². The lowest BCUT2D eigenvalue weighted by Gasteiger charge is -2.34. The molecule has 0 radical (unpaired) electrons. The third-order valence-electron chi connectivity index (χ3n) is 6.64. The highest BCUT2D eigenvalue weighted by atomic mass is 19.4. The maximum atomic E-state index is 13.2. The second kappa shape index (κ2) is 11.5. The average Bonchev–Trinajstić information content (AvgIpc) is 2.85. The molecule has 0 saturated heterocycles. The van der Waals surface area contributed by atoms with E-state index in [1.54, 1.807) is 4.90 Å². The minimum Gasteiger partial charge on any atom is -0.488 e. The predicted octanol–water partition coefficient (Wildman–Crippen LogP) is 4.05. The maximum Gasteiger partial charge on any atom is 0.416 e. The third-order valence-corrected chi connectivity index (χ3v) is 6.64. The van der Waals surface area contributed by atoms with Gasteiger partial charge < -0.3 is 19.6 Å². The van der Waals surface area contributed by atoms with Crippen molar-refractivity contribution in [2.24, 2.45) is 5.92 Å². The fraction of sp³-hybridized carbons (Fsp3) is 0.519. The van der Waals surface area contributed by atoms with Gasteiger partial charge >= 0.3 is 6.18 Å². The zero-order chi connectivity index (χ0) is 26.6. The average molecular weight is 508 g/mol. The van der Waals surface area contributed by atoms with E-state index in [1.807, 2.05) is 63.0 Å². The number of anilines is 1. The van der Waals surface area contributed by atoms with Crippen LogP contribution < -0.4 is 9.64 Å². The highest BCUT2D eigenvalue weighted by Crippen LogP contribution is 2.31. The molecule has 1 amide bonds. The van der Waals surface area contributed by atoms with Crippen molar-refractivity contribution in [1.29, 1.82) is 0 Å². The van der Waals surface area contributed by atoms with E-state index in [0.717, 1.165) is 28.9 Å². The molecule has 1 heterocycles. The third kappa shape index (κ3) is 6.91. The van der Waals surface area contributed by atoms with E-state index in [0.29, 0.717) is 25.4 Å². The fourth-order valence-corrected chi connectivity index (χ4v) is 4.39. The Bertz CT molecular complexity index is 1030. The summed E-state index contributed by atoms with van der Waals surface area (Å²) in [4.78, 5) is 18.9. The smallest absolute Gasteiger partial charge is 0.416 e. The molecule has 0 unspecified atom stereocenters. The lowest BCUT2D eigenvalue weighted by Crippen LogP contribution is -2.47. The van der Waals surface area contributed by atoms with E-state index >= 15 is 0 Å². The van der Waals surface area contributed by atoms with E-state index in [-0.39, 0.29) is 37.0 Å². The number of benzene rings is 2. The molecule has 9 heteroatoms. The summed E-state index contributed by atoms with van der Waals surface area (Å²) in [5, 5.41) is 9.77. The summed E-state index contributed by atoms with van der Waals surface area (Å²) < 4.78 is 45.2. The number of carbonyl (C=O) groups is 1. The topological polar surface area (TPSA) is 56.3 Å². The number of rotatable bonds is 7. The Balaban J connectivity index is 1.85.